The van der Waals surface area contributed by atoms with Crippen LogP contribution >= 0.6 is 0 Å². The molecule has 0 bridgehead atoms. The van der Waals surface area contributed by atoms with Crippen molar-refractivity contribution in [3.63, 3.8) is 0 Å². The molecule has 6 rings (SSSR count). The van der Waals surface area contributed by atoms with E-state index in [0.29, 0.717) is 50.5 Å². The predicted octanol–water partition coefficient (Wildman–Crippen LogP) is 5.17. The van der Waals surface area contributed by atoms with E-state index in [2.05, 4.69) is 27.1 Å². The molecule has 3 aromatic heterocycles. The Labute approximate surface area is 242 Å². The summed E-state index contributed by atoms with van der Waals surface area (Å²) < 4.78 is 22.6. The Morgan fingerprint density at radius 3 is 2.55 bits per heavy atom. The van der Waals surface area contributed by atoms with E-state index in [-0.39, 0.29) is 17.5 Å². The lowest BCUT2D eigenvalue weighted by molar-refractivity contribution is 0.0240. The van der Waals surface area contributed by atoms with E-state index in [1.54, 1.807) is 21.6 Å². The summed E-state index contributed by atoms with van der Waals surface area (Å²) in [4.78, 5) is 33.7. The van der Waals surface area contributed by atoms with Gasteiger partial charge in [-0.2, -0.15) is 5.10 Å². The minimum absolute atomic E-state index is 0.198. The molecule has 0 unspecified atom stereocenters. The van der Waals surface area contributed by atoms with E-state index in [1.807, 2.05) is 51.4 Å². The molecule has 0 N–H and O–H groups in total. The summed E-state index contributed by atoms with van der Waals surface area (Å²) >= 11 is 0. The summed E-state index contributed by atoms with van der Waals surface area (Å²) in [6.07, 6.45) is 4.02. The van der Waals surface area contributed by atoms with Crippen molar-refractivity contribution < 1.29 is 13.9 Å². The van der Waals surface area contributed by atoms with Crippen LogP contribution in [0.2, 0.25) is 0 Å². The molecule has 1 aliphatic rings. The zero-order chi connectivity index (χ0) is 29.4. The number of rotatable bonds is 5. The summed E-state index contributed by atoms with van der Waals surface area (Å²) in [7, 11) is 0. The summed E-state index contributed by atoms with van der Waals surface area (Å²) in [5.74, 6) is 0.224. The number of nitrogens with zero attached hydrogens (tertiary/aromatic N) is 6. The smallest absolute Gasteiger partial charge is 0.410 e. The van der Waals surface area contributed by atoms with Gasteiger partial charge in [-0.3, -0.25) is 14.3 Å². The van der Waals surface area contributed by atoms with Crippen LogP contribution in [0.15, 0.2) is 77.9 Å². The molecule has 1 fully saturated rings. The number of carbonyl (C=O) groups excluding carboxylic acids is 1. The Bertz CT molecular complexity index is 1830. The van der Waals surface area contributed by atoms with Crippen LogP contribution in [0.1, 0.15) is 26.3 Å². The molecule has 42 heavy (non-hydrogen) atoms. The second-order valence-corrected chi connectivity index (χ2v) is 11.6. The van der Waals surface area contributed by atoms with Gasteiger partial charge in [-0.15, -0.1) is 0 Å². The Hall–Kier alpha value is -4.73. The number of fused-ring (bicyclic) bond motifs is 2. The lowest BCUT2D eigenvalue weighted by Gasteiger charge is -2.36. The highest BCUT2D eigenvalue weighted by Crippen LogP contribution is 2.24. The number of pyridine rings is 1. The van der Waals surface area contributed by atoms with Gasteiger partial charge >= 0.3 is 6.09 Å². The lowest BCUT2D eigenvalue weighted by atomic mass is 10.1. The van der Waals surface area contributed by atoms with E-state index in [1.165, 1.54) is 22.9 Å². The van der Waals surface area contributed by atoms with Gasteiger partial charge in [0, 0.05) is 55.8 Å². The van der Waals surface area contributed by atoms with Crippen LogP contribution in [0.3, 0.4) is 0 Å². The second kappa shape index (κ2) is 10.9. The highest BCUT2D eigenvalue weighted by molar-refractivity contribution is 5.83. The van der Waals surface area contributed by atoms with Crippen LogP contribution in [0.5, 0.6) is 0 Å². The average molecular weight is 569 g/mol. The predicted molar refractivity (Wildman–Crippen MR) is 161 cm³/mol. The summed E-state index contributed by atoms with van der Waals surface area (Å²) in [6.45, 7) is 8.57. The van der Waals surface area contributed by atoms with Crippen molar-refractivity contribution in [1.82, 2.24) is 24.2 Å². The van der Waals surface area contributed by atoms with E-state index in [4.69, 9.17) is 4.74 Å². The van der Waals surface area contributed by atoms with Crippen LogP contribution < -0.4 is 10.5 Å². The molecule has 216 valence electrons. The van der Waals surface area contributed by atoms with Crippen LogP contribution in [0.25, 0.3) is 27.6 Å². The highest BCUT2D eigenvalue weighted by Gasteiger charge is 2.26. The molecule has 2 aromatic carbocycles. The third kappa shape index (κ3) is 5.83. The standard InChI is InChI=1S/C32H33FN6O3/c1-32(2,3)42-31(41)37-16-14-36(15-17-37)26-19-24-18-22(4-7-27(24)34-21-26)10-13-39-30(40)9-8-29(35-39)38-12-11-23-5-6-25(33)20-28(23)38/h4-9,11-12,18-21H,10,13-17H2,1-3H3. The van der Waals surface area contributed by atoms with Crippen LogP contribution in [0, 0.1) is 5.82 Å². The molecule has 1 amide bonds. The molecule has 1 saturated heterocycles. The quantitative estimate of drug-likeness (QED) is 0.291. The first kappa shape index (κ1) is 27.4. The average Bonchev–Trinajstić information content (AvgIpc) is 3.38. The number of aromatic nitrogens is 4. The molecule has 0 aliphatic carbocycles. The molecular weight excluding hydrogens is 535 g/mol. The first-order chi connectivity index (χ1) is 20.1. The Kier molecular flexibility index (Phi) is 7.14. The van der Waals surface area contributed by atoms with Crippen molar-refractivity contribution in [3.05, 3.63) is 94.8 Å². The third-order valence-corrected chi connectivity index (χ3v) is 7.39. The Balaban J connectivity index is 1.15. The molecule has 0 spiro atoms. The van der Waals surface area contributed by atoms with Gasteiger partial charge in [-0.25, -0.2) is 13.9 Å². The number of hydrogen-bond acceptors (Lipinski definition) is 6. The maximum Gasteiger partial charge on any atom is 0.410 e. The number of carbonyl (C=O) groups is 1. The van der Waals surface area contributed by atoms with Gasteiger partial charge in [0.05, 0.1) is 22.9 Å². The largest absolute Gasteiger partial charge is 0.444 e. The van der Waals surface area contributed by atoms with Gasteiger partial charge in [-0.1, -0.05) is 6.07 Å². The molecule has 10 heteroatoms. The third-order valence-electron chi connectivity index (χ3n) is 7.39. The lowest BCUT2D eigenvalue weighted by Crippen LogP contribution is -2.50. The van der Waals surface area contributed by atoms with E-state index in [0.717, 1.165) is 27.5 Å². The SMILES string of the molecule is CC(C)(C)OC(=O)N1CCN(c2cnc3ccc(CCn4nc(-n5ccc6ccc(F)cc65)ccc4=O)cc3c2)CC1. The van der Waals surface area contributed by atoms with Gasteiger partial charge in [0.25, 0.3) is 5.56 Å². The second-order valence-electron chi connectivity index (χ2n) is 11.6. The number of anilines is 1. The molecule has 4 heterocycles. The number of ether oxygens (including phenoxy) is 1. The molecule has 1 aliphatic heterocycles. The summed E-state index contributed by atoms with van der Waals surface area (Å²) in [6, 6.07) is 17.9. The van der Waals surface area contributed by atoms with Gasteiger partial charge in [0.15, 0.2) is 5.82 Å². The first-order valence-corrected chi connectivity index (χ1v) is 14.1. The van der Waals surface area contributed by atoms with Crippen LogP contribution in [0.4, 0.5) is 14.9 Å². The number of hydrogen-bond donors (Lipinski definition) is 0. The Morgan fingerprint density at radius 1 is 0.952 bits per heavy atom. The van der Waals surface area contributed by atoms with E-state index < -0.39 is 5.60 Å². The summed E-state index contributed by atoms with van der Waals surface area (Å²) in [5, 5.41) is 6.48. The molecule has 0 saturated carbocycles. The molecular formula is C32H33FN6O3. The normalized spacial score (nSPS) is 14.1. The fourth-order valence-corrected chi connectivity index (χ4v) is 5.23. The number of amides is 1. The maximum atomic E-state index is 13.9. The zero-order valence-electron chi connectivity index (χ0n) is 24.0. The van der Waals surface area contributed by atoms with Gasteiger partial charge in [0.1, 0.15) is 11.4 Å². The fourth-order valence-electron chi connectivity index (χ4n) is 5.23. The molecule has 0 atom stereocenters. The molecule has 0 radical (unpaired) electrons. The van der Waals surface area contributed by atoms with Crippen molar-refractivity contribution in [2.24, 2.45) is 0 Å². The molecule has 5 aromatic rings. The summed E-state index contributed by atoms with van der Waals surface area (Å²) in [5.41, 5.74) is 2.93. The first-order valence-electron chi connectivity index (χ1n) is 14.1. The van der Waals surface area contributed by atoms with Gasteiger partial charge < -0.3 is 14.5 Å². The van der Waals surface area contributed by atoms with E-state index in [9.17, 15) is 14.0 Å². The van der Waals surface area contributed by atoms with E-state index >= 15 is 0 Å². The maximum absolute atomic E-state index is 13.9. The number of aryl methyl sites for hydroxylation is 2. The van der Waals surface area contributed by atoms with Crippen molar-refractivity contribution in [2.45, 2.75) is 39.3 Å². The topological polar surface area (TPSA) is 85.5 Å². The minimum atomic E-state index is -0.515. The van der Waals surface area contributed by atoms with Gasteiger partial charge in [0.2, 0.25) is 0 Å². The van der Waals surface area contributed by atoms with Crippen molar-refractivity contribution in [3.8, 4) is 5.82 Å². The number of halogens is 1. The van der Waals surface area contributed by atoms with Crippen LogP contribution in [-0.4, -0.2) is 62.1 Å². The highest BCUT2D eigenvalue weighted by atomic mass is 19.1. The van der Waals surface area contributed by atoms with Gasteiger partial charge in [-0.05, 0) is 81.3 Å². The van der Waals surface area contributed by atoms with Crippen molar-refractivity contribution >= 4 is 33.6 Å². The van der Waals surface area contributed by atoms with Crippen molar-refractivity contribution in [1.29, 1.82) is 0 Å². The number of piperazine rings is 1. The zero-order valence-corrected chi connectivity index (χ0v) is 24.0. The monoisotopic (exact) mass is 568 g/mol. The Morgan fingerprint density at radius 2 is 1.76 bits per heavy atom. The minimum Gasteiger partial charge on any atom is -0.444 e. The number of benzene rings is 2. The van der Waals surface area contributed by atoms with Crippen molar-refractivity contribution in [2.75, 3.05) is 31.1 Å². The van der Waals surface area contributed by atoms with Crippen LogP contribution in [-0.2, 0) is 17.7 Å². The molecule has 9 nitrogen and oxygen atoms in total. The fraction of sp³-hybridized carbons (Fsp3) is 0.312.